The smallest absolute Gasteiger partial charge is 0.236 e. The molecule has 0 radical (unpaired) electrons. The third-order valence-electron chi connectivity index (χ3n) is 2.81. The van der Waals surface area contributed by atoms with Crippen LogP contribution in [0, 0.1) is 5.82 Å². The van der Waals surface area contributed by atoms with Crippen LogP contribution in [0.25, 0.3) is 0 Å². The van der Waals surface area contributed by atoms with Crippen molar-refractivity contribution < 1.29 is 17.5 Å². The summed E-state index contributed by atoms with van der Waals surface area (Å²) in [6.07, 6.45) is 1.88. The Labute approximate surface area is 133 Å². The van der Waals surface area contributed by atoms with Gasteiger partial charge < -0.3 is 4.74 Å². The van der Waals surface area contributed by atoms with Crippen LogP contribution >= 0.6 is 11.8 Å². The van der Waals surface area contributed by atoms with E-state index in [9.17, 15) is 12.8 Å². The van der Waals surface area contributed by atoms with Gasteiger partial charge in [-0.3, -0.25) is 4.72 Å². The van der Waals surface area contributed by atoms with Gasteiger partial charge in [0.2, 0.25) is 10.0 Å². The van der Waals surface area contributed by atoms with Crippen molar-refractivity contribution in [1.29, 1.82) is 0 Å². The van der Waals surface area contributed by atoms with Crippen molar-refractivity contribution >= 4 is 27.5 Å². The van der Waals surface area contributed by atoms with E-state index in [1.54, 1.807) is 12.1 Å². The first kappa shape index (κ1) is 16.6. The lowest BCUT2D eigenvalue weighted by molar-refractivity contribution is 0.340. The number of para-hydroxylation sites is 1. The number of halogens is 1. The Bertz CT molecular complexity index is 718. The minimum Gasteiger partial charge on any atom is -0.492 e. The first-order valence-electron chi connectivity index (χ1n) is 6.52. The quantitative estimate of drug-likeness (QED) is 0.785. The van der Waals surface area contributed by atoms with Crippen molar-refractivity contribution in [3.8, 4) is 5.75 Å². The van der Waals surface area contributed by atoms with Crippen LogP contribution in [0.3, 0.4) is 0 Å². The van der Waals surface area contributed by atoms with Gasteiger partial charge in [0.05, 0.1) is 5.69 Å². The van der Waals surface area contributed by atoms with Crippen LogP contribution in [0.5, 0.6) is 5.75 Å². The molecule has 0 bridgehead atoms. The molecule has 2 rings (SSSR count). The Morgan fingerprint density at radius 1 is 1.14 bits per heavy atom. The molecule has 0 saturated heterocycles. The molecule has 0 spiro atoms. The summed E-state index contributed by atoms with van der Waals surface area (Å²) < 4.78 is 44.7. The predicted molar refractivity (Wildman–Crippen MR) is 87.5 cm³/mol. The van der Waals surface area contributed by atoms with Gasteiger partial charge in [0.1, 0.15) is 23.9 Å². The number of hydrogen-bond acceptors (Lipinski definition) is 4. The molecule has 0 aliphatic rings. The Morgan fingerprint density at radius 3 is 2.50 bits per heavy atom. The van der Waals surface area contributed by atoms with E-state index in [4.69, 9.17) is 4.74 Å². The van der Waals surface area contributed by atoms with Crippen LogP contribution < -0.4 is 9.46 Å². The number of sulfonamides is 1. The average Bonchev–Trinajstić information content (AvgIpc) is 2.49. The molecule has 2 aromatic carbocycles. The second-order valence-corrected chi connectivity index (χ2v) is 7.11. The number of anilines is 1. The van der Waals surface area contributed by atoms with Gasteiger partial charge in [0, 0.05) is 4.90 Å². The van der Waals surface area contributed by atoms with Crippen molar-refractivity contribution in [1.82, 2.24) is 0 Å². The van der Waals surface area contributed by atoms with E-state index in [1.165, 1.54) is 36.0 Å². The van der Waals surface area contributed by atoms with Crippen LogP contribution in [-0.4, -0.2) is 27.0 Å². The molecule has 0 unspecified atom stereocenters. The maximum atomic E-state index is 12.7. The van der Waals surface area contributed by atoms with Gasteiger partial charge in [-0.15, -0.1) is 11.8 Å². The monoisotopic (exact) mass is 341 g/mol. The molecule has 0 aliphatic carbocycles. The summed E-state index contributed by atoms with van der Waals surface area (Å²) in [5, 5.41) is 0. The maximum Gasteiger partial charge on any atom is 0.236 e. The summed E-state index contributed by atoms with van der Waals surface area (Å²) >= 11 is 1.46. The van der Waals surface area contributed by atoms with Gasteiger partial charge >= 0.3 is 0 Å². The zero-order chi connectivity index (χ0) is 16.0. The zero-order valence-electron chi connectivity index (χ0n) is 12.0. The number of rotatable bonds is 7. The molecular formula is C15H16FNO3S2. The summed E-state index contributed by atoms with van der Waals surface area (Å²) in [5.74, 6) is -0.121. The van der Waals surface area contributed by atoms with E-state index in [0.29, 0.717) is 11.4 Å². The summed E-state index contributed by atoms with van der Waals surface area (Å²) in [6, 6.07) is 12.6. The fraction of sp³-hybridized carbons (Fsp3) is 0.200. The Kier molecular flexibility index (Phi) is 5.68. The third kappa shape index (κ3) is 4.92. The number of ether oxygens (including phenoxy) is 1. The first-order chi connectivity index (χ1) is 10.5. The standard InChI is InChI=1S/C15H16FNO3S2/c1-21-15-5-3-2-4-14(15)17-22(18,19)11-10-20-13-8-6-12(16)7-9-13/h2-9,17H,10-11H2,1H3. The van der Waals surface area contributed by atoms with Crippen LogP contribution in [0.2, 0.25) is 0 Å². The lowest BCUT2D eigenvalue weighted by Crippen LogP contribution is -2.21. The van der Waals surface area contributed by atoms with E-state index in [1.807, 2.05) is 18.4 Å². The molecule has 118 valence electrons. The lowest BCUT2D eigenvalue weighted by Gasteiger charge is -2.11. The Balaban J connectivity index is 1.92. The Hall–Kier alpha value is -1.73. The van der Waals surface area contributed by atoms with Crippen molar-refractivity contribution in [3.05, 3.63) is 54.3 Å². The van der Waals surface area contributed by atoms with E-state index in [-0.39, 0.29) is 18.2 Å². The van der Waals surface area contributed by atoms with Gasteiger partial charge in [-0.05, 0) is 42.7 Å². The molecule has 0 atom stereocenters. The van der Waals surface area contributed by atoms with Crippen LogP contribution in [-0.2, 0) is 10.0 Å². The fourth-order valence-corrected chi connectivity index (χ4v) is 3.28. The number of nitrogens with one attached hydrogen (secondary N) is 1. The molecule has 0 fully saturated rings. The van der Waals surface area contributed by atoms with E-state index in [0.717, 1.165) is 4.90 Å². The van der Waals surface area contributed by atoms with Crippen molar-refractivity contribution in [2.75, 3.05) is 23.3 Å². The largest absolute Gasteiger partial charge is 0.492 e. The van der Waals surface area contributed by atoms with Crippen LogP contribution in [0.1, 0.15) is 0 Å². The topological polar surface area (TPSA) is 55.4 Å². The number of hydrogen-bond donors (Lipinski definition) is 1. The molecule has 1 N–H and O–H groups in total. The molecule has 22 heavy (non-hydrogen) atoms. The van der Waals surface area contributed by atoms with Gasteiger partial charge in [-0.25, -0.2) is 12.8 Å². The Morgan fingerprint density at radius 2 is 1.82 bits per heavy atom. The van der Waals surface area contributed by atoms with E-state index < -0.39 is 10.0 Å². The summed E-state index contributed by atoms with van der Waals surface area (Å²) in [6.45, 7) is -0.0115. The van der Waals surface area contributed by atoms with E-state index >= 15 is 0 Å². The molecule has 0 heterocycles. The second-order valence-electron chi connectivity index (χ2n) is 4.42. The summed E-state index contributed by atoms with van der Waals surface area (Å²) in [7, 11) is -3.51. The minimum absolute atomic E-state index is 0.0115. The highest BCUT2D eigenvalue weighted by Gasteiger charge is 2.13. The zero-order valence-corrected chi connectivity index (χ0v) is 13.6. The number of thioether (sulfide) groups is 1. The molecule has 0 amide bonds. The predicted octanol–water partition coefficient (Wildman–Crippen LogP) is 3.37. The van der Waals surface area contributed by atoms with E-state index in [2.05, 4.69) is 4.72 Å². The van der Waals surface area contributed by atoms with Crippen molar-refractivity contribution in [2.45, 2.75) is 4.90 Å². The van der Waals surface area contributed by atoms with Gasteiger partial charge in [0.25, 0.3) is 0 Å². The van der Waals surface area contributed by atoms with Crippen LogP contribution in [0.4, 0.5) is 10.1 Å². The molecular weight excluding hydrogens is 325 g/mol. The highest BCUT2D eigenvalue weighted by molar-refractivity contribution is 7.99. The summed E-state index contributed by atoms with van der Waals surface area (Å²) in [5.41, 5.74) is 0.553. The lowest BCUT2D eigenvalue weighted by atomic mass is 10.3. The molecule has 0 aromatic heterocycles. The highest BCUT2D eigenvalue weighted by Crippen LogP contribution is 2.25. The third-order valence-corrected chi connectivity index (χ3v) is 4.84. The van der Waals surface area contributed by atoms with Gasteiger partial charge in [-0.1, -0.05) is 12.1 Å². The summed E-state index contributed by atoms with van der Waals surface area (Å²) in [4.78, 5) is 0.852. The number of benzene rings is 2. The fourth-order valence-electron chi connectivity index (χ4n) is 1.75. The molecule has 4 nitrogen and oxygen atoms in total. The molecule has 7 heteroatoms. The van der Waals surface area contributed by atoms with Crippen LogP contribution in [0.15, 0.2) is 53.4 Å². The van der Waals surface area contributed by atoms with Crippen molar-refractivity contribution in [2.24, 2.45) is 0 Å². The minimum atomic E-state index is -3.51. The van der Waals surface area contributed by atoms with Gasteiger partial charge in [0.15, 0.2) is 0 Å². The normalized spacial score (nSPS) is 11.2. The second kappa shape index (κ2) is 7.51. The first-order valence-corrected chi connectivity index (χ1v) is 9.40. The average molecular weight is 341 g/mol. The highest BCUT2D eigenvalue weighted by atomic mass is 32.2. The molecule has 0 aliphatic heterocycles. The van der Waals surface area contributed by atoms with Crippen molar-refractivity contribution in [3.63, 3.8) is 0 Å². The maximum absolute atomic E-state index is 12.7. The van der Waals surface area contributed by atoms with Gasteiger partial charge in [-0.2, -0.15) is 0 Å². The molecule has 0 saturated carbocycles. The SMILES string of the molecule is CSc1ccccc1NS(=O)(=O)CCOc1ccc(F)cc1. The molecule has 2 aromatic rings.